The molecule has 2 aliphatic heterocycles. The van der Waals surface area contributed by atoms with E-state index in [-0.39, 0.29) is 35.2 Å². The minimum absolute atomic E-state index is 0.0646. The number of allylic oxidation sites excluding steroid dienone is 1. The molecular formula is C33H29NO7. The van der Waals surface area contributed by atoms with Gasteiger partial charge in [-0.05, 0) is 66.1 Å². The molecular weight excluding hydrogens is 522 g/mol. The van der Waals surface area contributed by atoms with Crippen molar-refractivity contribution in [3.8, 4) is 23.0 Å². The molecule has 1 aromatic heterocycles. The highest BCUT2D eigenvalue weighted by Gasteiger charge is 2.39. The van der Waals surface area contributed by atoms with E-state index in [1.54, 1.807) is 49.1 Å². The van der Waals surface area contributed by atoms with Crippen LogP contribution in [0.4, 0.5) is 0 Å². The molecule has 0 N–H and O–H groups in total. The Bertz CT molecular complexity index is 1800. The maximum absolute atomic E-state index is 14.1. The maximum Gasteiger partial charge on any atom is 0.312 e. The second-order valence-electron chi connectivity index (χ2n) is 10.6. The molecule has 41 heavy (non-hydrogen) atoms. The SMILES string of the molecule is COc1ccc(/C=C2\Oc3c(ccc4c3[C@H](c3cc5cc(OC)ccc5n(CC(C)C)c3=O)CC(=O)O4)C2=O)cc1. The minimum Gasteiger partial charge on any atom is -0.497 e. The number of Topliss-reactive ketones (excluding diaryl/α,β-unsaturated/α-hetero) is 1. The minimum atomic E-state index is -0.671. The van der Waals surface area contributed by atoms with Crippen molar-refractivity contribution in [1.82, 2.24) is 4.57 Å². The summed E-state index contributed by atoms with van der Waals surface area (Å²) in [5.74, 6) is 0.886. The summed E-state index contributed by atoms with van der Waals surface area (Å²) in [5, 5.41) is 0.810. The number of carbonyl (C=O) groups is 2. The van der Waals surface area contributed by atoms with Crippen LogP contribution in [0.2, 0.25) is 0 Å². The van der Waals surface area contributed by atoms with Crippen LogP contribution in [0.15, 0.2) is 71.2 Å². The zero-order valence-electron chi connectivity index (χ0n) is 23.2. The van der Waals surface area contributed by atoms with Crippen LogP contribution in [0.5, 0.6) is 23.0 Å². The third-order valence-corrected chi connectivity index (χ3v) is 7.44. The number of ketones is 1. The van der Waals surface area contributed by atoms with E-state index >= 15 is 0 Å². The summed E-state index contributed by atoms with van der Waals surface area (Å²) in [6.45, 7) is 4.59. The molecule has 0 radical (unpaired) electrons. The number of ether oxygens (including phenoxy) is 4. The second kappa shape index (κ2) is 10.3. The highest BCUT2D eigenvalue weighted by molar-refractivity contribution is 6.15. The van der Waals surface area contributed by atoms with E-state index < -0.39 is 11.9 Å². The van der Waals surface area contributed by atoms with Crippen LogP contribution in [0.1, 0.15) is 53.2 Å². The molecule has 1 atom stereocenters. The number of esters is 1. The molecule has 4 aromatic rings. The smallest absolute Gasteiger partial charge is 0.312 e. The molecule has 0 unspecified atom stereocenters. The van der Waals surface area contributed by atoms with E-state index in [2.05, 4.69) is 0 Å². The summed E-state index contributed by atoms with van der Waals surface area (Å²) < 4.78 is 24.2. The molecule has 8 heteroatoms. The highest BCUT2D eigenvalue weighted by atomic mass is 16.5. The predicted octanol–water partition coefficient (Wildman–Crippen LogP) is 5.73. The fourth-order valence-corrected chi connectivity index (χ4v) is 5.53. The molecule has 0 spiro atoms. The van der Waals surface area contributed by atoms with E-state index in [9.17, 15) is 14.4 Å². The van der Waals surface area contributed by atoms with Gasteiger partial charge in [-0.15, -0.1) is 0 Å². The zero-order chi connectivity index (χ0) is 28.8. The Morgan fingerprint density at radius 1 is 0.927 bits per heavy atom. The average Bonchev–Trinajstić information content (AvgIpc) is 3.28. The van der Waals surface area contributed by atoms with Crippen molar-refractivity contribution in [2.24, 2.45) is 5.92 Å². The number of rotatable bonds is 6. The van der Waals surface area contributed by atoms with Crippen LogP contribution in [0, 0.1) is 5.92 Å². The lowest BCUT2D eigenvalue weighted by molar-refractivity contribution is -0.135. The van der Waals surface area contributed by atoms with Crippen LogP contribution in [-0.4, -0.2) is 30.5 Å². The number of pyridine rings is 1. The summed E-state index contributed by atoms with van der Waals surface area (Å²) >= 11 is 0. The molecule has 208 valence electrons. The van der Waals surface area contributed by atoms with Crippen molar-refractivity contribution in [3.05, 3.63) is 99.0 Å². The Balaban J connectivity index is 1.51. The number of benzene rings is 3. The second-order valence-corrected chi connectivity index (χ2v) is 10.6. The van der Waals surface area contributed by atoms with Crippen LogP contribution in [0.25, 0.3) is 17.0 Å². The van der Waals surface area contributed by atoms with Gasteiger partial charge in [-0.3, -0.25) is 14.4 Å². The first-order valence-electron chi connectivity index (χ1n) is 13.4. The van der Waals surface area contributed by atoms with Crippen molar-refractivity contribution in [1.29, 1.82) is 0 Å². The van der Waals surface area contributed by atoms with Gasteiger partial charge in [0.25, 0.3) is 5.56 Å². The Labute approximate surface area is 236 Å². The lowest BCUT2D eigenvalue weighted by Gasteiger charge is -2.27. The highest BCUT2D eigenvalue weighted by Crippen LogP contribution is 2.48. The molecule has 3 aromatic carbocycles. The number of hydrogen-bond donors (Lipinski definition) is 0. The average molecular weight is 552 g/mol. The molecule has 2 aliphatic rings. The third kappa shape index (κ3) is 4.65. The van der Waals surface area contributed by atoms with E-state index in [1.165, 1.54) is 0 Å². The Morgan fingerprint density at radius 2 is 1.66 bits per heavy atom. The summed E-state index contributed by atoms with van der Waals surface area (Å²) in [6, 6.07) is 17.8. The van der Waals surface area contributed by atoms with Crippen LogP contribution >= 0.6 is 0 Å². The fourth-order valence-electron chi connectivity index (χ4n) is 5.53. The van der Waals surface area contributed by atoms with E-state index in [0.29, 0.717) is 40.5 Å². The van der Waals surface area contributed by atoms with E-state index in [0.717, 1.165) is 16.5 Å². The van der Waals surface area contributed by atoms with Gasteiger partial charge in [-0.2, -0.15) is 0 Å². The molecule has 0 fully saturated rings. The van der Waals surface area contributed by atoms with Gasteiger partial charge in [0.2, 0.25) is 5.78 Å². The van der Waals surface area contributed by atoms with Gasteiger partial charge in [0.1, 0.15) is 23.0 Å². The lowest BCUT2D eigenvalue weighted by Crippen LogP contribution is -2.31. The first kappa shape index (κ1) is 26.4. The zero-order valence-corrected chi connectivity index (χ0v) is 23.2. The van der Waals surface area contributed by atoms with Crippen LogP contribution in [-0.2, 0) is 11.3 Å². The molecule has 3 heterocycles. The van der Waals surface area contributed by atoms with Crippen LogP contribution in [0.3, 0.4) is 0 Å². The topological polar surface area (TPSA) is 93.1 Å². The largest absolute Gasteiger partial charge is 0.497 e. The predicted molar refractivity (Wildman–Crippen MR) is 154 cm³/mol. The van der Waals surface area contributed by atoms with Gasteiger partial charge in [0, 0.05) is 29.0 Å². The molecule has 0 bridgehead atoms. The van der Waals surface area contributed by atoms with Crippen molar-refractivity contribution >= 4 is 28.7 Å². The number of nitrogens with zero attached hydrogens (tertiary/aromatic N) is 1. The first-order chi connectivity index (χ1) is 19.8. The summed E-state index contributed by atoms with van der Waals surface area (Å²) in [7, 11) is 3.18. The van der Waals surface area contributed by atoms with Crippen molar-refractivity contribution < 1.29 is 28.5 Å². The number of aromatic nitrogens is 1. The quantitative estimate of drug-likeness (QED) is 0.172. The lowest BCUT2D eigenvalue weighted by atomic mass is 9.84. The number of fused-ring (bicyclic) bond motifs is 4. The number of hydrogen-bond acceptors (Lipinski definition) is 7. The Morgan fingerprint density at radius 3 is 2.37 bits per heavy atom. The normalized spacial score (nSPS) is 16.9. The molecule has 0 saturated carbocycles. The molecule has 6 rings (SSSR count). The monoisotopic (exact) mass is 551 g/mol. The van der Waals surface area contributed by atoms with Gasteiger partial charge in [-0.1, -0.05) is 26.0 Å². The summed E-state index contributed by atoms with van der Waals surface area (Å²) in [4.78, 5) is 40.3. The van der Waals surface area contributed by atoms with E-state index in [1.807, 2.05) is 50.2 Å². The third-order valence-electron chi connectivity index (χ3n) is 7.44. The molecule has 0 saturated heterocycles. The Kier molecular flexibility index (Phi) is 6.61. The van der Waals surface area contributed by atoms with Crippen LogP contribution < -0.4 is 24.5 Å². The fraction of sp³-hybridized carbons (Fsp3) is 0.242. The van der Waals surface area contributed by atoms with Gasteiger partial charge < -0.3 is 23.5 Å². The summed E-state index contributed by atoms with van der Waals surface area (Å²) in [5.41, 5.74) is 2.65. The summed E-state index contributed by atoms with van der Waals surface area (Å²) in [6.07, 6.45) is 1.60. The van der Waals surface area contributed by atoms with E-state index in [4.69, 9.17) is 18.9 Å². The van der Waals surface area contributed by atoms with Crippen molar-refractivity contribution in [3.63, 3.8) is 0 Å². The van der Waals surface area contributed by atoms with Crippen molar-refractivity contribution in [2.75, 3.05) is 14.2 Å². The van der Waals surface area contributed by atoms with Gasteiger partial charge in [0.05, 0.1) is 31.7 Å². The van der Waals surface area contributed by atoms with Crippen molar-refractivity contribution in [2.45, 2.75) is 32.7 Å². The number of carbonyl (C=O) groups excluding carboxylic acids is 2. The molecule has 0 amide bonds. The number of methoxy groups -OCH3 is 2. The van der Waals surface area contributed by atoms with Gasteiger partial charge >= 0.3 is 5.97 Å². The molecule has 0 aliphatic carbocycles. The Hall–Kier alpha value is -4.85. The van der Waals surface area contributed by atoms with Gasteiger partial charge in [0.15, 0.2) is 5.76 Å². The maximum atomic E-state index is 14.1. The standard InChI is InChI=1S/C33H29NO7/c1-18(2)17-34-26-11-9-22(39-4)14-20(26)15-25(33(34)37)24-16-29(35)40-27-12-10-23-31(36)28(41-32(23)30(24)27)13-19-5-7-21(38-3)8-6-19/h5-15,18,24H,16-17H2,1-4H3/b28-13-/t24-/m0/s1. The molecule has 8 nitrogen and oxygen atoms in total. The first-order valence-corrected chi connectivity index (χ1v) is 13.4. The van der Waals surface area contributed by atoms with Gasteiger partial charge in [-0.25, -0.2) is 0 Å².